The van der Waals surface area contributed by atoms with Crippen molar-refractivity contribution in [2.24, 2.45) is 0 Å². The number of carbonyl (C=O) groups excluding carboxylic acids is 2. The number of amides is 1. The molecular formula is C9H12N2O2S. The van der Waals surface area contributed by atoms with Gasteiger partial charge in [-0.05, 0) is 6.42 Å². The van der Waals surface area contributed by atoms with Crippen LogP contribution in [-0.2, 0) is 4.79 Å². The summed E-state index contributed by atoms with van der Waals surface area (Å²) in [5.74, 6) is -0.144. The van der Waals surface area contributed by atoms with Gasteiger partial charge in [0.1, 0.15) is 5.69 Å². The van der Waals surface area contributed by atoms with Crippen LogP contribution in [0.5, 0.6) is 0 Å². The Morgan fingerprint density at radius 1 is 1.57 bits per heavy atom. The molecule has 1 heterocycles. The van der Waals surface area contributed by atoms with Crippen molar-refractivity contribution >= 4 is 28.2 Å². The number of nitrogens with one attached hydrogen (secondary N) is 1. The van der Waals surface area contributed by atoms with E-state index in [9.17, 15) is 9.59 Å². The number of carbonyl (C=O) groups is 2. The van der Waals surface area contributed by atoms with Gasteiger partial charge >= 0.3 is 0 Å². The molecule has 0 radical (unpaired) electrons. The first-order valence-electron chi connectivity index (χ1n) is 4.39. The van der Waals surface area contributed by atoms with Gasteiger partial charge in [0.05, 0.1) is 0 Å². The molecule has 0 spiro atoms. The second-order valence-electron chi connectivity index (χ2n) is 2.89. The summed E-state index contributed by atoms with van der Waals surface area (Å²) in [5, 5.41) is 4.77. The van der Waals surface area contributed by atoms with E-state index in [1.165, 1.54) is 18.3 Å². The molecule has 0 aliphatic heterocycles. The summed E-state index contributed by atoms with van der Waals surface area (Å²) in [6.07, 6.45) is 1.28. The number of thiazole rings is 1. The fourth-order valence-electron chi connectivity index (χ4n) is 0.902. The van der Waals surface area contributed by atoms with Gasteiger partial charge in [-0.3, -0.25) is 9.59 Å². The summed E-state index contributed by atoms with van der Waals surface area (Å²) in [4.78, 5) is 26.0. The molecule has 1 amide bonds. The Morgan fingerprint density at radius 3 is 2.79 bits per heavy atom. The number of hydrogen-bond acceptors (Lipinski definition) is 4. The van der Waals surface area contributed by atoms with Crippen molar-refractivity contribution in [3.63, 3.8) is 0 Å². The Morgan fingerprint density at radius 2 is 2.29 bits per heavy atom. The highest BCUT2D eigenvalue weighted by Gasteiger charge is 2.07. The largest absolute Gasteiger partial charge is 0.302 e. The highest BCUT2D eigenvalue weighted by molar-refractivity contribution is 7.14. The van der Waals surface area contributed by atoms with Crippen LogP contribution in [-0.4, -0.2) is 16.7 Å². The van der Waals surface area contributed by atoms with E-state index >= 15 is 0 Å². The molecular weight excluding hydrogens is 200 g/mol. The first-order valence-corrected chi connectivity index (χ1v) is 5.27. The number of anilines is 1. The maximum absolute atomic E-state index is 11.2. The highest BCUT2D eigenvalue weighted by Crippen LogP contribution is 2.15. The Kier molecular flexibility index (Phi) is 3.76. The molecule has 0 aliphatic rings. The molecule has 0 saturated carbocycles. The lowest BCUT2D eigenvalue weighted by Crippen LogP contribution is -2.10. The van der Waals surface area contributed by atoms with Gasteiger partial charge < -0.3 is 5.32 Å². The molecule has 0 saturated heterocycles. The summed E-state index contributed by atoms with van der Waals surface area (Å²) in [5.41, 5.74) is 0.404. The van der Waals surface area contributed by atoms with E-state index < -0.39 is 0 Å². The zero-order chi connectivity index (χ0) is 10.6. The zero-order valence-corrected chi connectivity index (χ0v) is 8.98. The molecule has 5 heteroatoms. The van der Waals surface area contributed by atoms with E-state index in [4.69, 9.17) is 0 Å². The summed E-state index contributed by atoms with van der Waals surface area (Å²) in [7, 11) is 0. The van der Waals surface area contributed by atoms with E-state index in [0.29, 0.717) is 17.2 Å². The second kappa shape index (κ2) is 4.85. The van der Waals surface area contributed by atoms with Crippen molar-refractivity contribution in [1.82, 2.24) is 4.98 Å². The number of rotatable bonds is 4. The van der Waals surface area contributed by atoms with Crippen LogP contribution in [0, 0.1) is 0 Å². The van der Waals surface area contributed by atoms with Gasteiger partial charge in [0.15, 0.2) is 10.9 Å². The number of aromatic nitrogens is 1. The molecule has 0 unspecified atom stereocenters. The smallest absolute Gasteiger partial charge is 0.226 e. The van der Waals surface area contributed by atoms with E-state index in [-0.39, 0.29) is 11.7 Å². The predicted octanol–water partition coefficient (Wildman–Crippen LogP) is 2.08. The summed E-state index contributed by atoms with van der Waals surface area (Å²) in [6, 6.07) is 0. The molecule has 1 aromatic rings. The molecule has 76 valence electrons. The van der Waals surface area contributed by atoms with Crippen LogP contribution >= 0.6 is 11.3 Å². The molecule has 0 bridgehead atoms. The first kappa shape index (κ1) is 10.8. The lowest BCUT2D eigenvalue weighted by Gasteiger charge is -1.97. The molecule has 1 N–H and O–H groups in total. The van der Waals surface area contributed by atoms with Crippen molar-refractivity contribution in [1.29, 1.82) is 0 Å². The number of nitrogens with zero attached hydrogens (tertiary/aromatic N) is 1. The Bertz CT molecular complexity index is 346. The lowest BCUT2D eigenvalue weighted by molar-refractivity contribution is -0.116. The fraction of sp³-hybridized carbons (Fsp3) is 0.444. The third-order valence-electron chi connectivity index (χ3n) is 1.59. The normalized spacial score (nSPS) is 9.86. The quantitative estimate of drug-likeness (QED) is 0.777. The van der Waals surface area contributed by atoms with E-state index in [1.807, 2.05) is 6.92 Å². The van der Waals surface area contributed by atoms with Crippen LogP contribution in [0.25, 0.3) is 0 Å². The maximum Gasteiger partial charge on any atom is 0.226 e. The van der Waals surface area contributed by atoms with Crippen LogP contribution in [0.2, 0.25) is 0 Å². The summed E-state index contributed by atoms with van der Waals surface area (Å²) < 4.78 is 0. The van der Waals surface area contributed by atoms with Gasteiger partial charge in [-0.25, -0.2) is 4.98 Å². The zero-order valence-electron chi connectivity index (χ0n) is 8.16. The average molecular weight is 212 g/mol. The Labute approximate surface area is 86.4 Å². The van der Waals surface area contributed by atoms with Gasteiger partial charge in [0.25, 0.3) is 0 Å². The third kappa shape index (κ3) is 2.92. The maximum atomic E-state index is 11.2. The molecule has 14 heavy (non-hydrogen) atoms. The van der Waals surface area contributed by atoms with Gasteiger partial charge in [0, 0.05) is 18.7 Å². The number of hydrogen-bond donors (Lipinski definition) is 1. The predicted molar refractivity (Wildman–Crippen MR) is 55.7 cm³/mol. The van der Waals surface area contributed by atoms with E-state index in [2.05, 4.69) is 10.3 Å². The molecule has 0 fully saturated rings. The van der Waals surface area contributed by atoms with Crippen molar-refractivity contribution in [3.8, 4) is 0 Å². The highest BCUT2D eigenvalue weighted by atomic mass is 32.1. The molecule has 1 rings (SSSR count). The SMILES string of the molecule is CCCC(=O)Nc1nc(C(C)=O)cs1. The third-order valence-corrected chi connectivity index (χ3v) is 2.35. The number of Topliss-reactive ketones (excluding diaryl/α,β-unsaturated/α-hetero) is 1. The lowest BCUT2D eigenvalue weighted by atomic mass is 10.3. The second-order valence-corrected chi connectivity index (χ2v) is 3.75. The van der Waals surface area contributed by atoms with Crippen LogP contribution < -0.4 is 5.32 Å². The van der Waals surface area contributed by atoms with E-state index in [1.54, 1.807) is 5.38 Å². The van der Waals surface area contributed by atoms with Crippen molar-refractivity contribution in [2.75, 3.05) is 5.32 Å². The number of ketones is 1. The minimum absolute atomic E-state index is 0.0584. The molecule has 1 aromatic heterocycles. The van der Waals surface area contributed by atoms with Crippen molar-refractivity contribution < 1.29 is 9.59 Å². The average Bonchev–Trinajstić information content (AvgIpc) is 2.53. The van der Waals surface area contributed by atoms with Gasteiger partial charge in [-0.2, -0.15) is 0 Å². The van der Waals surface area contributed by atoms with Crippen molar-refractivity contribution in [3.05, 3.63) is 11.1 Å². The van der Waals surface area contributed by atoms with Gasteiger partial charge in [-0.15, -0.1) is 11.3 Å². The minimum Gasteiger partial charge on any atom is -0.302 e. The minimum atomic E-state index is -0.0859. The monoisotopic (exact) mass is 212 g/mol. The van der Waals surface area contributed by atoms with Crippen molar-refractivity contribution in [2.45, 2.75) is 26.7 Å². The first-order chi connectivity index (χ1) is 6.63. The van der Waals surface area contributed by atoms with Crippen LogP contribution in [0.4, 0.5) is 5.13 Å². The molecule has 4 nitrogen and oxygen atoms in total. The standard InChI is InChI=1S/C9H12N2O2S/c1-3-4-8(13)11-9-10-7(5-14-9)6(2)12/h5H,3-4H2,1-2H3,(H,10,11,13). The Balaban J connectivity index is 2.59. The Hall–Kier alpha value is -1.23. The summed E-state index contributed by atoms with van der Waals surface area (Å²) >= 11 is 1.27. The van der Waals surface area contributed by atoms with Crippen LogP contribution in [0.15, 0.2) is 5.38 Å². The van der Waals surface area contributed by atoms with Crippen LogP contribution in [0.3, 0.4) is 0 Å². The van der Waals surface area contributed by atoms with Gasteiger partial charge in [0.2, 0.25) is 5.91 Å². The summed E-state index contributed by atoms with van der Waals surface area (Å²) in [6.45, 7) is 3.38. The van der Waals surface area contributed by atoms with E-state index in [0.717, 1.165) is 6.42 Å². The van der Waals surface area contributed by atoms with Gasteiger partial charge in [-0.1, -0.05) is 6.92 Å². The fourth-order valence-corrected chi connectivity index (χ4v) is 1.67. The topological polar surface area (TPSA) is 59.1 Å². The molecule has 0 atom stereocenters. The van der Waals surface area contributed by atoms with Crippen LogP contribution in [0.1, 0.15) is 37.2 Å². The molecule has 0 aromatic carbocycles. The molecule has 0 aliphatic carbocycles.